The summed E-state index contributed by atoms with van der Waals surface area (Å²) in [5, 5.41) is 7.80. The Labute approximate surface area is 44.0 Å². The van der Waals surface area contributed by atoms with Crippen LogP contribution in [0.25, 0.3) is 0 Å². The normalized spacial score (nSPS) is 6.00. The van der Waals surface area contributed by atoms with Crippen molar-refractivity contribution in [3.05, 3.63) is 0 Å². The molecule has 0 rings (SSSR count). The first-order valence-electron chi connectivity index (χ1n) is 1.13. The molecule has 0 aliphatic heterocycles. The molecule has 0 unspecified atom stereocenters. The smallest absolute Gasteiger partial charge is 1.00 e. The second kappa shape index (κ2) is 8.82. The van der Waals surface area contributed by atoms with Crippen molar-refractivity contribution >= 4 is 22.7 Å². The molecule has 0 atom stereocenters. The van der Waals surface area contributed by atoms with Crippen molar-refractivity contribution in [1.29, 1.82) is 0 Å². The molecule has 1 N–H and O–H groups in total. The molecule has 0 saturated carbocycles. The van der Waals surface area contributed by atoms with Crippen LogP contribution in [0.4, 0.5) is 0 Å². The van der Waals surface area contributed by atoms with Gasteiger partial charge in [0.25, 0.3) is 0 Å². The van der Waals surface area contributed by atoms with E-state index in [1.807, 2.05) is 0 Å². The molecule has 0 heterocycles. The Morgan fingerprint density at radius 1 is 1.80 bits per heavy atom. The topological polar surface area (TPSA) is 20.2 Å². The van der Waals surface area contributed by atoms with Gasteiger partial charge in [0.2, 0.25) is 0 Å². The average Bonchev–Trinajstić information content (AvgIpc) is 1.37. The molecule has 0 bridgehead atoms. The summed E-state index contributed by atoms with van der Waals surface area (Å²) in [4.78, 5) is 0. The van der Waals surface area contributed by atoms with E-state index in [2.05, 4.69) is 12.6 Å². The van der Waals surface area contributed by atoms with Gasteiger partial charge in [-0.2, -0.15) is 12.6 Å². The van der Waals surface area contributed by atoms with Gasteiger partial charge in [0.05, 0.1) is 6.61 Å². The third-order valence-corrected chi connectivity index (χ3v) is 0.300. The SMILES string of the molecule is OCCS.[Be+2].[H-].[H-]. The summed E-state index contributed by atoms with van der Waals surface area (Å²) in [7, 11) is 0. The summed E-state index contributed by atoms with van der Waals surface area (Å²) in [6, 6.07) is 0. The van der Waals surface area contributed by atoms with Crippen molar-refractivity contribution in [2.45, 2.75) is 0 Å². The Morgan fingerprint density at radius 2 is 2.00 bits per heavy atom. The monoisotopic (exact) mass is 89.0 g/mol. The van der Waals surface area contributed by atoms with E-state index in [9.17, 15) is 0 Å². The molecule has 0 saturated heterocycles. The van der Waals surface area contributed by atoms with Crippen LogP contribution in [0.1, 0.15) is 2.85 Å². The minimum Gasteiger partial charge on any atom is -1.00 e. The van der Waals surface area contributed by atoms with Crippen molar-refractivity contribution in [3.63, 3.8) is 0 Å². The summed E-state index contributed by atoms with van der Waals surface area (Å²) < 4.78 is 0. The fraction of sp³-hybridized carbons (Fsp3) is 1.00. The van der Waals surface area contributed by atoms with Crippen molar-refractivity contribution in [3.8, 4) is 0 Å². The van der Waals surface area contributed by atoms with E-state index < -0.39 is 0 Å². The van der Waals surface area contributed by atoms with Gasteiger partial charge < -0.3 is 7.96 Å². The molecular formula is C2H8BeOS. The van der Waals surface area contributed by atoms with Crippen LogP contribution in [-0.2, 0) is 0 Å². The minimum absolute atomic E-state index is 0. The third kappa shape index (κ3) is 12.6. The molecule has 0 aliphatic rings. The second-order valence-corrected chi connectivity index (χ2v) is 0.894. The molecule has 1 nitrogen and oxygen atoms in total. The zero-order chi connectivity index (χ0) is 3.41. The maximum atomic E-state index is 7.80. The van der Waals surface area contributed by atoms with E-state index in [-0.39, 0.29) is 19.6 Å². The molecule has 0 fully saturated rings. The van der Waals surface area contributed by atoms with Gasteiger partial charge in [0.1, 0.15) is 0 Å². The predicted molar refractivity (Wildman–Crippen MR) is 28.9 cm³/mol. The standard InChI is InChI=1S/C2H6OS.Be.2H/c3-1-2-4;;;/h3-4H,1-2H2;;;/q;+2;2*-1. The van der Waals surface area contributed by atoms with Gasteiger partial charge in [0, 0.05) is 5.75 Å². The second-order valence-electron chi connectivity index (χ2n) is 0.447. The molecule has 5 heavy (non-hydrogen) atoms. The van der Waals surface area contributed by atoms with Crippen LogP contribution in [0.2, 0.25) is 0 Å². The Hall–Kier alpha value is 0.479. The predicted octanol–water partition coefficient (Wildman–Crippen LogP) is -0.247. The Kier molecular flexibility index (Phi) is 16.0. The Morgan fingerprint density at radius 3 is 2.00 bits per heavy atom. The van der Waals surface area contributed by atoms with Gasteiger partial charge in [-0.05, 0) is 0 Å². The number of thiol groups is 1. The largest absolute Gasteiger partial charge is 2.00 e. The van der Waals surface area contributed by atoms with Gasteiger partial charge >= 0.3 is 10.1 Å². The van der Waals surface area contributed by atoms with E-state index in [4.69, 9.17) is 5.11 Å². The summed E-state index contributed by atoms with van der Waals surface area (Å²) in [5.74, 6) is 0.569. The van der Waals surface area contributed by atoms with Crippen LogP contribution in [0.3, 0.4) is 0 Å². The van der Waals surface area contributed by atoms with E-state index in [0.29, 0.717) is 5.75 Å². The van der Waals surface area contributed by atoms with Crippen molar-refractivity contribution in [2.24, 2.45) is 0 Å². The number of hydrogen-bond donors (Lipinski definition) is 2. The molecule has 3 heteroatoms. The van der Waals surface area contributed by atoms with Gasteiger partial charge in [-0.15, -0.1) is 0 Å². The van der Waals surface area contributed by atoms with Gasteiger partial charge in [-0.25, -0.2) is 0 Å². The van der Waals surface area contributed by atoms with Crippen LogP contribution in [0.5, 0.6) is 0 Å². The van der Waals surface area contributed by atoms with Crippen molar-refractivity contribution in [1.82, 2.24) is 0 Å². The van der Waals surface area contributed by atoms with E-state index in [1.54, 1.807) is 0 Å². The number of hydrogen-bond acceptors (Lipinski definition) is 2. The van der Waals surface area contributed by atoms with Crippen LogP contribution in [-0.4, -0.2) is 27.6 Å². The molecule has 0 aromatic rings. The van der Waals surface area contributed by atoms with Gasteiger partial charge in [0.15, 0.2) is 0 Å². The summed E-state index contributed by atoms with van der Waals surface area (Å²) >= 11 is 3.67. The summed E-state index contributed by atoms with van der Waals surface area (Å²) in [6.07, 6.45) is 0. The molecule has 0 aliphatic carbocycles. The molecule has 30 valence electrons. The van der Waals surface area contributed by atoms with E-state index in [1.165, 1.54) is 0 Å². The minimum atomic E-state index is 0. The van der Waals surface area contributed by atoms with Crippen LogP contribution >= 0.6 is 12.6 Å². The number of aliphatic hydroxyl groups excluding tert-OH is 1. The van der Waals surface area contributed by atoms with Gasteiger partial charge in [-0.1, -0.05) is 0 Å². The van der Waals surface area contributed by atoms with Crippen molar-refractivity contribution < 1.29 is 7.96 Å². The first-order valence-corrected chi connectivity index (χ1v) is 1.76. The maximum absolute atomic E-state index is 7.80. The molecule has 0 aromatic heterocycles. The Bertz CT molecular complexity index is 17.7. The molecule has 0 radical (unpaired) electrons. The summed E-state index contributed by atoms with van der Waals surface area (Å²) in [6.45, 7) is 0.184. The molecule has 0 aromatic carbocycles. The maximum Gasteiger partial charge on any atom is 2.00 e. The van der Waals surface area contributed by atoms with E-state index >= 15 is 0 Å². The van der Waals surface area contributed by atoms with Gasteiger partial charge in [-0.3, -0.25) is 0 Å². The quantitative estimate of drug-likeness (QED) is 0.335. The first-order chi connectivity index (χ1) is 1.91. The third-order valence-electron chi connectivity index (χ3n) is 0.1000. The van der Waals surface area contributed by atoms with Crippen LogP contribution < -0.4 is 0 Å². The first kappa shape index (κ1) is 9.08. The molecule has 0 amide bonds. The fourth-order valence-corrected chi connectivity index (χ4v) is 0. The number of rotatable bonds is 1. The van der Waals surface area contributed by atoms with Crippen LogP contribution in [0, 0.1) is 0 Å². The van der Waals surface area contributed by atoms with Crippen LogP contribution in [0.15, 0.2) is 0 Å². The zero-order valence-electron chi connectivity index (χ0n) is 5.02. The van der Waals surface area contributed by atoms with Crippen molar-refractivity contribution in [2.75, 3.05) is 12.4 Å². The van der Waals surface area contributed by atoms with E-state index in [0.717, 1.165) is 0 Å². The summed E-state index contributed by atoms with van der Waals surface area (Å²) in [5.41, 5.74) is 0. The Balaban J connectivity index is -0.0000000150. The average molecular weight is 89.2 g/mol. The molecule has 0 spiro atoms. The number of aliphatic hydroxyl groups is 1. The molecular weight excluding hydrogens is 81.1 g/mol. The fourth-order valence-electron chi connectivity index (χ4n) is 0. The zero-order valence-corrected chi connectivity index (χ0v) is 3.91.